The van der Waals surface area contributed by atoms with Crippen LogP contribution in [0, 0.1) is 0 Å². The molecule has 1 atom stereocenters. The average Bonchev–Trinajstić information content (AvgIpc) is 2.76. The van der Waals surface area contributed by atoms with Crippen LogP contribution in [-0.4, -0.2) is 49.2 Å². The summed E-state index contributed by atoms with van der Waals surface area (Å²) in [7, 11) is 0. The van der Waals surface area contributed by atoms with Gasteiger partial charge in [0.1, 0.15) is 10.4 Å². The third kappa shape index (κ3) is 3.88. The molecule has 0 aliphatic carbocycles. The van der Waals surface area contributed by atoms with Crippen molar-refractivity contribution in [3.05, 3.63) is 35.0 Å². The lowest BCUT2D eigenvalue weighted by Crippen LogP contribution is -2.44. The number of hydrogen-bond donors (Lipinski definition) is 1. The van der Waals surface area contributed by atoms with E-state index in [2.05, 4.69) is 4.98 Å². The Morgan fingerprint density at radius 3 is 3.00 bits per heavy atom. The number of carboxylic acids is 1. The number of thiocarbonyl (C=S) groups is 1. The number of rotatable bonds is 6. The maximum atomic E-state index is 12.5. The molecule has 0 spiro atoms. The van der Waals surface area contributed by atoms with E-state index in [0.717, 1.165) is 17.3 Å². The van der Waals surface area contributed by atoms with E-state index in [-0.39, 0.29) is 10.2 Å². The number of thioether (sulfide) groups is 2. The summed E-state index contributed by atoms with van der Waals surface area (Å²) >= 11 is 7.86. The minimum absolute atomic E-state index is 0.286. The van der Waals surface area contributed by atoms with Gasteiger partial charge in [-0.3, -0.25) is 14.7 Å². The van der Waals surface area contributed by atoms with Crippen LogP contribution in [0.25, 0.3) is 6.08 Å². The second-order valence-corrected chi connectivity index (χ2v) is 7.13. The summed E-state index contributed by atoms with van der Waals surface area (Å²) in [4.78, 5) is 29.6. The number of aliphatic carboxylic acids is 1. The van der Waals surface area contributed by atoms with E-state index in [4.69, 9.17) is 12.2 Å². The molecule has 1 N–H and O–H groups in total. The smallest absolute Gasteiger partial charge is 0.326 e. The van der Waals surface area contributed by atoms with Gasteiger partial charge in [-0.05, 0) is 36.1 Å². The zero-order chi connectivity index (χ0) is 16.1. The van der Waals surface area contributed by atoms with Gasteiger partial charge in [-0.15, -0.1) is 0 Å². The fourth-order valence-electron chi connectivity index (χ4n) is 1.95. The Bertz CT molecular complexity index is 619. The molecule has 2 rings (SSSR count). The summed E-state index contributed by atoms with van der Waals surface area (Å²) in [6, 6.07) is 2.67. The van der Waals surface area contributed by atoms with Crippen molar-refractivity contribution in [1.29, 1.82) is 0 Å². The first-order valence-electron chi connectivity index (χ1n) is 6.43. The predicted molar refractivity (Wildman–Crippen MR) is 93.7 cm³/mol. The summed E-state index contributed by atoms with van der Waals surface area (Å²) in [5, 5.41) is 9.37. The van der Waals surface area contributed by atoms with Gasteiger partial charge in [-0.25, -0.2) is 4.79 Å². The monoisotopic (exact) mass is 354 g/mol. The molecule has 22 heavy (non-hydrogen) atoms. The average molecular weight is 354 g/mol. The number of amides is 1. The molecule has 116 valence electrons. The Morgan fingerprint density at radius 1 is 1.64 bits per heavy atom. The van der Waals surface area contributed by atoms with Crippen molar-refractivity contribution in [1.82, 2.24) is 9.88 Å². The second kappa shape index (κ2) is 7.75. The van der Waals surface area contributed by atoms with Crippen LogP contribution in [-0.2, 0) is 9.59 Å². The van der Waals surface area contributed by atoms with Crippen LogP contribution in [0.2, 0.25) is 0 Å². The highest BCUT2D eigenvalue weighted by Gasteiger charge is 2.40. The number of pyridine rings is 1. The summed E-state index contributed by atoms with van der Waals surface area (Å²) in [6.45, 7) is 0. The number of carbonyl (C=O) groups excluding carboxylic acids is 1. The minimum atomic E-state index is -1.03. The quantitative estimate of drug-likeness (QED) is 0.621. The van der Waals surface area contributed by atoms with Crippen molar-refractivity contribution in [3.8, 4) is 0 Å². The first kappa shape index (κ1) is 17.0. The molecule has 1 saturated heterocycles. The van der Waals surface area contributed by atoms with Crippen LogP contribution in [0.5, 0.6) is 0 Å². The molecular weight excluding hydrogens is 340 g/mol. The molecule has 1 aromatic heterocycles. The predicted octanol–water partition coefficient (Wildman–Crippen LogP) is 2.49. The highest BCUT2D eigenvalue weighted by molar-refractivity contribution is 8.26. The number of carbonyl (C=O) groups is 2. The lowest BCUT2D eigenvalue weighted by Gasteiger charge is -2.22. The minimum Gasteiger partial charge on any atom is -0.480 e. The van der Waals surface area contributed by atoms with Gasteiger partial charge >= 0.3 is 5.97 Å². The Labute approximate surface area is 142 Å². The van der Waals surface area contributed by atoms with E-state index in [1.54, 1.807) is 24.5 Å². The summed E-state index contributed by atoms with van der Waals surface area (Å²) in [5.41, 5.74) is 0.777. The topological polar surface area (TPSA) is 70.5 Å². The highest BCUT2D eigenvalue weighted by Crippen LogP contribution is 2.34. The summed E-state index contributed by atoms with van der Waals surface area (Å²) in [5.74, 6) is -0.740. The number of aromatic nitrogens is 1. The lowest BCUT2D eigenvalue weighted by atomic mass is 10.2. The molecule has 0 bridgehead atoms. The van der Waals surface area contributed by atoms with Crippen molar-refractivity contribution in [2.45, 2.75) is 12.5 Å². The van der Waals surface area contributed by atoms with E-state index in [1.165, 1.54) is 16.7 Å². The molecule has 1 aliphatic rings. The van der Waals surface area contributed by atoms with Crippen LogP contribution in [0.1, 0.15) is 12.0 Å². The van der Waals surface area contributed by atoms with E-state index in [1.807, 2.05) is 12.3 Å². The molecule has 0 radical (unpaired) electrons. The Kier molecular flexibility index (Phi) is 5.98. The standard InChI is InChI=1S/C14H14N2O3S3/c1-21-6-4-10(13(18)19)16-12(17)11(22-14(16)20)7-9-3-2-5-15-8-9/h2-3,5,7-8,10H,4,6H2,1H3,(H,18,19)/b11-7+/t10-/m0/s1. The third-order valence-electron chi connectivity index (χ3n) is 3.00. The molecule has 5 nitrogen and oxygen atoms in total. The van der Waals surface area contributed by atoms with Gasteiger partial charge in [-0.2, -0.15) is 11.8 Å². The van der Waals surface area contributed by atoms with Crippen molar-refractivity contribution < 1.29 is 14.7 Å². The Hall–Kier alpha value is -1.38. The molecule has 2 heterocycles. The molecule has 1 aliphatic heterocycles. The number of nitrogens with zero attached hydrogens (tertiary/aromatic N) is 2. The molecule has 1 fully saturated rings. The molecule has 1 aromatic rings. The van der Waals surface area contributed by atoms with Crippen LogP contribution < -0.4 is 0 Å². The van der Waals surface area contributed by atoms with Crippen LogP contribution in [0.15, 0.2) is 29.4 Å². The molecule has 8 heteroatoms. The van der Waals surface area contributed by atoms with Crippen LogP contribution >= 0.6 is 35.7 Å². The molecule has 0 saturated carbocycles. The zero-order valence-electron chi connectivity index (χ0n) is 11.8. The van der Waals surface area contributed by atoms with Gasteiger partial charge in [0.25, 0.3) is 5.91 Å². The fraction of sp³-hybridized carbons (Fsp3) is 0.286. The summed E-state index contributed by atoms with van der Waals surface area (Å²) < 4.78 is 0.286. The van der Waals surface area contributed by atoms with Crippen molar-refractivity contribution in [3.63, 3.8) is 0 Å². The summed E-state index contributed by atoms with van der Waals surface area (Å²) in [6.07, 6.45) is 7.22. The van der Waals surface area contributed by atoms with Gasteiger partial charge < -0.3 is 5.11 Å². The third-order valence-corrected chi connectivity index (χ3v) is 4.97. The Morgan fingerprint density at radius 2 is 2.41 bits per heavy atom. The molecule has 0 unspecified atom stereocenters. The van der Waals surface area contributed by atoms with E-state index in [0.29, 0.717) is 17.1 Å². The van der Waals surface area contributed by atoms with E-state index in [9.17, 15) is 14.7 Å². The van der Waals surface area contributed by atoms with E-state index >= 15 is 0 Å². The van der Waals surface area contributed by atoms with Gasteiger partial charge in [-0.1, -0.05) is 30.0 Å². The second-order valence-electron chi connectivity index (χ2n) is 4.47. The number of carboxylic acid groups (broad SMARTS) is 1. The van der Waals surface area contributed by atoms with Gasteiger partial charge in [0.15, 0.2) is 0 Å². The molecular formula is C14H14N2O3S3. The molecule has 1 amide bonds. The lowest BCUT2D eigenvalue weighted by molar-refractivity contribution is -0.145. The zero-order valence-corrected chi connectivity index (χ0v) is 14.2. The number of hydrogen-bond acceptors (Lipinski definition) is 6. The van der Waals surface area contributed by atoms with Gasteiger partial charge in [0, 0.05) is 12.4 Å². The molecule has 0 aromatic carbocycles. The van der Waals surface area contributed by atoms with Crippen LogP contribution in [0.3, 0.4) is 0 Å². The maximum absolute atomic E-state index is 12.5. The normalized spacial score (nSPS) is 18.0. The van der Waals surface area contributed by atoms with Crippen molar-refractivity contribution >= 4 is 58.0 Å². The fourth-order valence-corrected chi connectivity index (χ4v) is 3.77. The highest BCUT2D eigenvalue weighted by atomic mass is 32.2. The van der Waals surface area contributed by atoms with Gasteiger partial charge in [0.2, 0.25) is 0 Å². The van der Waals surface area contributed by atoms with Crippen molar-refractivity contribution in [2.75, 3.05) is 12.0 Å². The van der Waals surface area contributed by atoms with Crippen LogP contribution in [0.4, 0.5) is 0 Å². The van der Waals surface area contributed by atoms with Gasteiger partial charge in [0.05, 0.1) is 4.91 Å². The first-order valence-corrected chi connectivity index (χ1v) is 9.05. The maximum Gasteiger partial charge on any atom is 0.326 e. The largest absolute Gasteiger partial charge is 0.480 e. The Balaban J connectivity index is 2.24. The van der Waals surface area contributed by atoms with E-state index < -0.39 is 12.0 Å². The first-order chi connectivity index (χ1) is 10.5. The SMILES string of the molecule is CSCC[C@@H](C(=O)O)N1C(=O)/C(=C\c2cccnc2)SC1=S. The van der Waals surface area contributed by atoms with Crippen molar-refractivity contribution in [2.24, 2.45) is 0 Å².